The van der Waals surface area contributed by atoms with E-state index in [4.69, 9.17) is 4.74 Å². The molecule has 1 heterocycles. The van der Waals surface area contributed by atoms with Crippen LogP contribution < -0.4 is 10.6 Å². The fourth-order valence-electron chi connectivity index (χ4n) is 2.05. The molecule has 0 aliphatic heterocycles. The average molecular weight is 303 g/mol. The molecule has 0 aliphatic rings. The Kier molecular flexibility index (Phi) is 5.48. The minimum absolute atomic E-state index is 0.0175. The Morgan fingerprint density at radius 1 is 1.41 bits per heavy atom. The summed E-state index contributed by atoms with van der Waals surface area (Å²) in [5.41, 5.74) is 1.74. The summed E-state index contributed by atoms with van der Waals surface area (Å²) in [4.78, 5) is 15.9. The second-order valence-electron chi connectivity index (χ2n) is 5.12. The first kappa shape index (κ1) is 16.0. The number of carbonyl (C=O) groups excluding carboxylic acids is 1. The Bertz CT molecular complexity index is 600. The van der Waals surface area contributed by atoms with Crippen molar-refractivity contribution in [3.05, 3.63) is 42.5 Å². The molecular weight excluding hydrogens is 282 g/mol. The topological polar surface area (TPSA) is 81.1 Å². The van der Waals surface area contributed by atoms with Crippen molar-refractivity contribution in [3.8, 4) is 0 Å². The molecule has 0 fully saturated rings. The number of urea groups is 1. The van der Waals surface area contributed by atoms with Crippen LogP contribution in [0.25, 0.3) is 0 Å². The van der Waals surface area contributed by atoms with E-state index in [-0.39, 0.29) is 18.2 Å². The van der Waals surface area contributed by atoms with E-state index in [1.54, 1.807) is 18.1 Å². The number of carbonyl (C=O) groups is 1. The highest BCUT2D eigenvalue weighted by Gasteiger charge is 2.10. The number of anilines is 1. The third-order valence-corrected chi connectivity index (χ3v) is 3.27. The third kappa shape index (κ3) is 4.56. The Morgan fingerprint density at radius 2 is 2.23 bits per heavy atom. The predicted octanol–water partition coefficient (Wildman–Crippen LogP) is 2.20. The largest absolute Gasteiger partial charge is 0.377 e. The van der Waals surface area contributed by atoms with Gasteiger partial charge in [0, 0.05) is 18.8 Å². The van der Waals surface area contributed by atoms with Gasteiger partial charge in [0.25, 0.3) is 0 Å². The van der Waals surface area contributed by atoms with Gasteiger partial charge in [-0.2, -0.15) is 5.10 Å². The first-order chi connectivity index (χ1) is 10.6. The monoisotopic (exact) mass is 303 g/mol. The van der Waals surface area contributed by atoms with Crippen LogP contribution in [0.3, 0.4) is 0 Å². The molecule has 7 nitrogen and oxygen atoms in total. The Labute approximate surface area is 129 Å². The highest BCUT2D eigenvalue weighted by Crippen LogP contribution is 2.19. The van der Waals surface area contributed by atoms with Crippen molar-refractivity contribution in [2.24, 2.45) is 0 Å². The number of nitrogens with zero attached hydrogens (tertiary/aromatic N) is 3. The van der Waals surface area contributed by atoms with E-state index >= 15 is 0 Å². The molecule has 2 aromatic rings. The maximum absolute atomic E-state index is 12.0. The molecule has 0 saturated carbocycles. The van der Waals surface area contributed by atoms with Crippen LogP contribution in [0.4, 0.5) is 10.5 Å². The molecule has 2 amide bonds. The van der Waals surface area contributed by atoms with E-state index in [1.807, 2.05) is 38.1 Å². The zero-order chi connectivity index (χ0) is 15.9. The van der Waals surface area contributed by atoms with Gasteiger partial charge < -0.3 is 15.4 Å². The zero-order valence-electron chi connectivity index (χ0n) is 13.0. The zero-order valence-corrected chi connectivity index (χ0v) is 13.0. The van der Waals surface area contributed by atoms with Gasteiger partial charge in [0.15, 0.2) is 0 Å². The first-order valence-corrected chi connectivity index (χ1v) is 7.11. The van der Waals surface area contributed by atoms with Gasteiger partial charge in [-0.3, -0.25) is 4.68 Å². The fourth-order valence-corrected chi connectivity index (χ4v) is 2.05. The molecule has 22 heavy (non-hydrogen) atoms. The predicted molar refractivity (Wildman–Crippen MR) is 83.5 cm³/mol. The normalized spacial score (nSPS) is 13.4. The summed E-state index contributed by atoms with van der Waals surface area (Å²) in [5.74, 6) is 0. The molecule has 0 radical (unpaired) electrons. The van der Waals surface area contributed by atoms with E-state index in [1.165, 1.54) is 6.33 Å². The smallest absolute Gasteiger partial charge is 0.319 e. The number of nitrogens with one attached hydrogen (secondary N) is 2. The van der Waals surface area contributed by atoms with Crippen LogP contribution in [-0.4, -0.2) is 33.9 Å². The number of amides is 2. The number of hydrogen-bond acceptors (Lipinski definition) is 4. The summed E-state index contributed by atoms with van der Waals surface area (Å²) in [6.07, 6.45) is 3.07. The van der Waals surface area contributed by atoms with Gasteiger partial charge in [-0.1, -0.05) is 12.1 Å². The lowest BCUT2D eigenvalue weighted by atomic mass is 10.1. The first-order valence-electron chi connectivity index (χ1n) is 7.11. The summed E-state index contributed by atoms with van der Waals surface area (Å²) in [6, 6.07) is 7.27. The number of aromatic nitrogens is 3. The number of ether oxygens (including phenoxy) is 1. The number of hydrogen-bond donors (Lipinski definition) is 2. The molecule has 0 aliphatic carbocycles. The highest BCUT2D eigenvalue weighted by atomic mass is 16.5. The number of rotatable bonds is 6. The molecule has 2 atom stereocenters. The Hall–Kier alpha value is -2.41. The van der Waals surface area contributed by atoms with Crippen LogP contribution in [0.2, 0.25) is 0 Å². The molecule has 0 saturated heterocycles. The van der Waals surface area contributed by atoms with E-state index < -0.39 is 0 Å². The molecule has 0 bridgehead atoms. The second kappa shape index (κ2) is 7.56. The van der Waals surface area contributed by atoms with Crippen molar-refractivity contribution in [2.45, 2.75) is 32.5 Å². The maximum Gasteiger partial charge on any atom is 0.319 e. The van der Waals surface area contributed by atoms with Gasteiger partial charge in [0.05, 0.1) is 12.6 Å². The minimum atomic E-state index is -0.255. The summed E-state index contributed by atoms with van der Waals surface area (Å²) < 4.78 is 6.95. The summed E-state index contributed by atoms with van der Waals surface area (Å²) in [6.45, 7) is 4.43. The highest BCUT2D eigenvalue weighted by molar-refractivity contribution is 5.89. The van der Waals surface area contributed by atoms with E-state index in [9.17, 15) is 4.79 Å². The van der Waals surface area contributed by atoms with Crippen LogP contribution in [0.5, 0.6) is 0 Å². The molecule has 1 aromatic heterocycles. The molecule has 0 unspecified atom stereocenters. The third-order valence-electron chi connectivity index (χ3n) is 3.27. The lowest BCUT2D eigenvalue weighted by molar-refractivity contribution is 0.119. The van der Waals surface area contributed by atoms with Gasteiger partial charge in [-0.15, -0.1) is 0 Å². The quantitative estimate of drug-likeness (QED) is 0.857. The molecule has 1 aromatic carbocycles. The van der Waals surface area contributed by atoms with Crippen molar-refractivity contribution in [1.29, 1.82) is 0 Å². The lowest BCUT2D eigenvalue weighted by Crippen LogP contribution is -2.38. The number of benzene rings is 1. The summed E-state index contributed by atoms with van der Waals surface area (Å²) in [7, 11) is 1.66. The Balaban J connectivity index is 1.88. The Morgan fingerprint density at radius 3 is 2.91 bits per heavy atom. The molecule has 2 N–H and O–H groups in total. The standard InChI is InChI=1S/C15H21N5O2/c1-11(8-20-10-16-9-17-20)18-15(21)19-14-6-4-5-13(7-14)12(2)22-3/h4-7,9-12H,8H2,1-3H3,(H2,18,19,21)/t11-,12+/m1/s1. The van der Waals surface area contributed by atoms with Crippen LogP contribution >= 0.6 is 0 Å². The molecule has 7 heteroatoms. The van der Waals surface area contributed by atoms with Gasteiger partial charge in [-0.25, -0.2) is 9.78 Å². The second-order valence-corrected chi connectivity index (χ2v) is 5.12. The average Bonchev–Trinajstić information content (AvgIpc) is 2.99. The van der Waals surface area contributed by atoms with E-state index in [0.717, 1.165) is 11.3 Å². The lowest BCUT2D eigenvalue weighted by Gasteiger charge is -2.15. The minimum Gasteiger partial charge on any atom is -0.377 e. The van der Waals surface area contributed by atoms with Crippen LogP contribution in [-0.2, 0) is 11.3 Å². The van der Waals surface area contributed by atoms with Crippen molar-refractivity contribution in [3.63, 3.8) is 0 Å². The van der Waals surface area contributed by atoms with E-state index in [0.29, 0.717) is 6.54 Å². The van der Waals surface area contributed by atoms with Crippen LogP contribution in [0, 0.1) is 0 Å². The van der Waals surface area contributed by atoms with Gasteiger partial charge in [-0.05, 0) is 31.5 Å². The molecule has 0 spiro atoms. The van der Waals surface area contributed by atoms with Crippen molar-refractivity contribution in [2.75, 3.05) is 12.4 Å². The van der Waals surface area contributed by atoms with Crippen molar-refractivity contribution >= 4 is 11.7 Å². The molecule has 2 rings (SSSR count). The molecule has 118 valence electrons. The van der Waals surface area contributed by atoms with Crippen LogP contribution in [0.15, 0.2) is 36.9 Å². The number of methoxy groups -OCH3 is 1. The van der Waals surface area contributed by atoms with Crippen molar-refractivity contribution in [1.82, 2.24) is 20.1 Å². The van der Waals surface area contributed by atoms with Gasteiger partial charge in [0.1, 0.15) is 12.7 Å². The van der Waals surface area contributed by atoms with E-state index in [2.05, 4.69) is 20.7 Å². The molecular formula is C15H21N5O2. The van der Waals surface area contributed by atoms with Crippen molar-refractivity contribution < 1.29 is 9.53 Å². The maximum atomic E-state index is 12.0. The SMILES string of the molecule is CO[C@@H](C)c1cccc(NC(=O)N[C@H](C)Cn2cncn2)c1. The van der Waals surface area contributed by atoms with Crippen LogP contribution in [0.1, 0.15) is 25.5 Å². The van der Waals surface area contributed by atoms with Gasteiger partial charge >= 0.3 is 6.03 Å². The fraction of sp³-hybridized carbons (Fsp3) is 0.400. The summed E-state index contributed by atoms with van der Waals surface area (Å²) in [5, 5.41) is 9.69. The van der Waals surface area contributed by atoms with Gasteiger partial charge in [0.2, 0.25) is 0 Å². The summed E-state index contributed by atoms with van der Waals surface area (Å²) >= 11 is 0.